The molecule has 3 nitrogen and oxygen atoms in total. The number of carbonyl (C=O) groups excluding carboxylic acids is 2. The lowest BCUT2D eigenvalue weighted by Gasteiger charge is -2.25. The van der Waals surface area contributed by atoms with Gasteiger partial charge in [-0.25, -0.2) is 9.18 Å². The molecule has 0 amide bonds. The number of halogens is 1. The van der Waals surface area contributed by atoms with E-state index in [-0.39, 0.29) is 11.4 Å². The highest BCUT2D eigenvalue weighted by Gasteiger charge is 2.33. The molecule has 0 aliphatic rings. The Hall–Kier alpha value is -3.01. The lowest BCUT2D eigenvalue weighted by atomic mass is 9.77. The Labute approximate surface area is 146 Å². The van der Waals surface area contributed by atoms with Crippen LogP contribution >= 0.6 is 0 Å². The number of methoxy groups -OCH3 is 1. The lowest BCUT2D eigenvalue weighted by molar-refractivity contribution is -0.136. The first-order valence-electron chi connectivity index (χ1n) is 7.74. The maximum atomic E-state index is 13.3. The van der Waals surface area contributed by atoms with E-state index in [0.717, 1.165) is 0 Å². The molecule has 128 valence electrons. The van der Waals surface area contributed by atoms with Gasteiger partial charge in [-0.1, -0.05) is 55.1 Å². The van der Waals surface area contributed by atoms with Gasteiger partial charge in [0.25, 0.3) is 0 Å². The van der Waals surface area contributed by atoms with Crippen LogP contribution in [0.2, 0.25) is 0 Å². The van der Waals surface area contributed by atoms with Crippen molar-refractivity contribution in [3.8, 4) is 0 Å². The van der Waals surface area contributed by atoms with Crippen LogP contribution in [0.5, 0.6) is 0 Å². The van der Waals surface area contributed by atoms with Gasteiger partial charge in [0.05, 0.1) is 13.0 Å². The van der Waals surface area contributed by atoms with E-state index in [0.29, 0.717) is 11.1 Å². The van der Waals surface area contributed by atoms with Crippen LogP contribution in [-0.4, -0.2) is 18.9 Å². The number of Topliss-reactive ketones (excluding diaryl/α,β-unsaturated/α-hetero) is 1. The van der Waals surface area contributed by atoms with Crippen LogP contribution in [0.3, 0.4) is 0 Å². The Balaban J connectivity index is 2.50. The van der Waals surface area contributed by atoms with Gasteiger partial charge in [0.1, 0.15) is 5.82 Å². The van der Waals surface area contributed by atoms with Crippen LogP contribution in [0.25, 0.3) is 0 Å². The first kappa shape index (κ1) is 18.3. The minimum absolute atomic E-state index is 0.114. The second-order valence-corrected chi connectivity index (χ2v) is 5.54. The molecule has 0 aliphatic heterocycles. The highest BCUT2D eigenvalue weighted by atomic mass is 19.1. The molecule has 2 rings (SSSR count). The summed E-state index contributed by atoms with van der Waals surface area (Å²) in [5.74, 6) is -2.66. The van der Waals surface area contributed by atoms with E-state index in [1.54, 1.807) is 24.3 Å². The predicted octanol–water partition coefficient (Wildman–Crippen LogP) is 4.32. The van der Waals surface area contributed by atoms with E-state index in [4.69, 9.17) is 4.74 Å². The quantitative estimate of drug-likeness (QED) is 0.327. The molecular weight excluding hydrogens is 319 g/mol. The van der Waals surface area contributed by atoms with Crippen molar-refractivity contribution >= 4 is 11.8 Å². The Morgan fingerprint density at radius 2 is 1.68 bits per heavy atom. The molecule has 4 heteroatoms. The SMILES string of the molecule is C=C[C@H](C(=O)c1ccccc1)[C@@H](C(=C)C(=O)OC)c1ccc(F)cc1. The molecular formula is C21H19FO3. The Kier molecular flexibility index (Phi) is 6.01. The number of ether oxygens (including phenoxy) is 1. The molecule has 0 bridgehead atoms. The largest absolute Gasteiger partial charge is 0.466 e. The fourth-order valence-corrected chi connectivity index (χ4v) is 2.74. The fourth-order valence-electron chi connectivity index (χ4n) is 2.74. The molecule has 0 saturated carbocycles. The summed E-state index contributed by atoms with van der Waals surface area (Å²) in [4.78, 5) is 25.0. The van der Waals surface area contributed by atoms with Crippen molar-refractivity contribution in [2.75, 3.05) is 7.11 Å². The molecule has 2 aromatic carbocycles. The van der Waals surface area contributed by atoms with Gasteiger partial charge in [-0.2, -0.15) is 0 Å². The second-order valence-electron chi connectivity index (χ2n) is 5.54. The zero-order chi connectivity index (χ0) is 18.4. The third-order valence-corrected chi connectivity index (χ3v) is 4.03. The van der Waals surface area contributed by atoms with Crippen molar-refractivity contribution in [3.05, 3.63) is 96.3 Å². The Morgan fingerprint density at radius 3 is 2.20 bits per heavy atom. The van der Waals surface area contributed by atoms with Crippen molar-refractivity contribution in [1.29, 1.82) is 0 Å². The van der Waals surface area contributed by atoms with Crippen LogP contribution in [0.4, 0.5) is 4.39 Å². The van der Waals surface area contributed by atoms with Gasteiger partial charge >= 0.3 is 5.97 Å². The molecule has 0 fully saturated rings. The number of benzene rings is 2. The average molecular weight is 338 g/mol. The summed E-state index contributed by atoms with van der Waals surface area (Å²) in [6, 6.07) is 14.3. The van der Waals surface area contributed by atoms with Crippen molar-refractivity contribution in [3.63, 3.8) is 0 Å². The molecule has 0 N–H and O–H groups in total. The molecule has 0 unspecified atom stereocenters. The molecule has 0 aromatic heterocycles. The topological polar surface area (TPSA) is 43.4 Å². The van der Waals surface area contributed by atoms with E-state index < -0.39 is 23.6 Å². The van der Waals surface area contributed by atoms with E-state index in [1.807, 2.05) is 6.07 Å². The Bertz CT molecular complexity index is 779. The van der Waals surface area contributed by atoms with Crippen LogP contribution in [0, 0.1) is 11.7 Å². The standard InChI is InChI=1S/C21H19FO3/c1-4-18(20(23)16-8-6-5-7-9-16)19(14(2)21(24)25-3)15-10-12-17(22)13-11-15/h4-13,18-19H,1-2H2,3H3/t18-,19-/m0/s1. The lowest BCUT2D eigenvalue weighted by Crippen LogP contribution is -2.25. The van der Waals surface area contributed by atoms with E-state index >= 15 is 0 Å². The summed E-state index contributed by atoms with van der Waals surface area (Å²) in [7, 11) is 1.25. The molecule has 0 aliphatic carbocycles. The van der Waals surface area contributed by atoms with Crippen LogP contribution in [-0.2, 0) is 9.53 Å². The third-order valence-electron chi connectivity index (χ3n) is 4.03. The monoisotopic (exact) mass is 338 g/mol. The van der Waals surface area contributed by atoms with Crippen molar-refractivity contribution < 1.29 is 18.7 Å². The zero-order valence-corrected chi connectivity index (χ0v) is 13.9. The molecule has 0 spiro atoms. The third kappa shape index (κ3) is 4.10. The molecule has 0 radical (unpaired) electrons. The van der Waals surface area contributed by atoms with Crippen LogP contribution < -0.4 is 0 Å². The summed E-state index contributed by atoms with van der Waals surface area (Å²) in [6.45, 7) is 7.55. The molecule has 2 atom stereocenters. The normalized spacial score (nSPS) is 12.7. The number of hydrogen-bond acceptors (Lipinski definition) is 3. The van der Waals surface area contributed by atoms with Crippen molar-refractivity contribution in [1.82, 2.24) is 0 Å². The summed E-state index contributed by atoms with van der Waals surface area (Å²) in [5, 5.41) is 0. The summed E-state index contributed by atoms with van der Waals surface area (Å²) < 4.78 is 18.0. The Morgan fingerprint density at radius 1 is 1.08 bits per heavy atom. The fraction of sp³-hybridized carbons (Fsp3) is 0.143. The number of carbonyl (C=O) groups is 2. The van der Waals surface area contributed by atoms with Gasteiger partial charge in [-0.05, 0) is 17.7 Å². The maximum Gasteiger partial charge on any atom is 0.333 e. The van der Waals surface area contributed by atoms with Gasteiger partial charge in [0, 0.05) is 17.1 Å². The molecule has 0 saturated heterocycles. The number of rotatable bonds is 7. The number of allylic oxidation sites excluding steroid dienone is 1. The zero-order valence-electron chi connectivity index (χ0n) is 13.9. The predicted molar refractivity (Wildman–Crippen MR) is 94.8 cm³/mol. The van der Waals surface area contributed by atoms with E-state index in [1.165, 1.54) is 37.5 Å². The van der Waals surface area contributed by atoms with Gasteiger partial charge < -0.3 is 4.74 Å². The molecule has 0 heterocycles. The average Bonchev–Trinajstić information content (AvgIpc) is 2.66. The van der Waals surface area contributed by atoms with Gasteiger partial charge in [-0.3, -0.25) is 4.79 Å². The van der Waals surface area contributed by atoms with E-state index in [2.05, 4.69) is 13.2 Å². The number of esters is 1. The molecule has 25 heavy (non-hydrogen) atoms. The minimum atomic E-state index is -0.737. The smallest absolute Gasteiger partial charge is 0.333 e. The minimum Gasteiger partial charge on any atom is -0.466 e. The summed E-state index contributed by atoms with van der Waals surface area (Å²) in [6.07, 6.45) is 1.48. The molecule has 2 aromatic rings. The van der Waals surface area contributed by atoms with Crippen molar-refractivity contribution in [2.24, 2.45) is 5.92 Å². The second kappa shape index (κ2) is 8.20. The van der Waals surface area contributed by atoms with Crippen LogP contribution in [0.15, 0.2) is 79.4 Å². The number of ketones is 1. The summed E-state index contributed by atoms with van der Waals surface area (Å²) in [5.41, 5.74) is 1.20. The summed E-state index contributed by atoms with van der Waals surface area (Å²) >= 11 is 0. The van der Waals surface area contributed by atoms with Crippen LogP contribution in [0.1, 0.15) is 21.8 Å². The van der Waals surface area contributed by atoms with Gasteiger partial charge in [0.2, 0.25) is 0 Å². The number of hydrogen-bond donors (Lipinski definition) is 0. The van der Waals surface area contributed by atoms with Crippen molar-refractivity contribution in [2.45, 2.75) is 5.92 Å². The van der Waals surface area contributed by atoms with Gasteiger partial charge in [0.15, 0.2) is 5.78 Å². The first-order valence-corrected chi connectivity index (χ1v) is 7.74. The highest BCUT2D eigenvalue weighted by Crippen LogP contribution is 2.35. The highest BCUT2D eigenvalue weighted by molar-refractivity contribution is 6.01. The first-order chi connectivity index (χ1) is 12.0. The maximum absolute atomic E-state index is 13.3. The van der Waals surface area contributed by atoms with E-state index in [9.17, 15) is 14.0 Å². The van der Waals surface area contributed by atoms with Gasteiger partial charge in [-0.15, -0.1) is 6.58 Å².